The number of carbonyl (C=O) groups excluding carboxylic acids is 7. The zero-order valence-corrected chi connectivity index (χ0v) is 48.6. The molecule has 0 spiro atoms. The van der Waals surface area contributed by atoms with E-state index in [1.807, 2.05) is 0 Å². The summed E-state index contributed by atoms with van der Waals surface area (Å²) in [6.07, 6.45) is 10.9. The van der Waals surface area contributed by atoms with Crippen LogP contribution in [0.5, 0.6) is 0 Å². The number of urea groups is 3. The standard InChI is InChI=1S/3C12H6F5N3O.4C3H7NO.Co.H2O4S.H2O/c3*13-6-7(14)9(16)11(10(17)8(6)15)20-12(21)19-5-2-1-3-18-4-5;4*1-4(2)3-5;;1-5(2,3)4;/h3*1-4H,(H2,19,20,21);4*3H,1-2H3;;(H2,1,2,3,4);1H2/q;;;;;;;+2;;/p-2. The van der Waals surface area contributed by atoms with Crippen molar-refractivity contribution in [2.75, 3.05) is 88.3 Å². The minimum Gasteiger partial charge on any atom is -0.759 e. The summed E-state index contributed by atoms with van der Waals surface area (Å²) in [4.78, 5) is 88.9. The van der Waals surface area contributed by atoms with E-state index in [9.17, 15) is 99.4 Å². The predicted octanol–water partition coefficient (Wildman–Crippen LogP) is 6.92. The molecule has 0 unspecified atom stereocenters. The normalized spacial score (nSPS) is 9.39. The van der Waals surface area contributed by atoms with Gasteiger partial charge in [0.05, 0.1) is 35.7 Å². The fraction of sp³-hybridized carbons (Fsp3) is 0.167. The molecule has 3 aromatic heterocycles. The molecule has 6 rings (SSSR count). The van der Waals surface area contributed by atoms with E-state index >= 15 is 0 Å². The molecule has 0 aliphatic rings. The molecule has 25 nitrogen and oxygen atoms in total. The van der Waals surface area contributed by atoms with Crippen LogP contribution < -0.4 is 31.9 Å². The quantitative estimate of drug-likeness (QED) is 0.0203. The fourth-order valence-corrected chi connectivity index (χ4v) is 4.28. The van der Waals surface area contributed by atoms with Crippen molar-refractivity contribution in [1.82, 2.24) is 34.6 Å². The second kappa shape index (κ2) is 43.7. The summed E-state index contributed by atoms with van der Waals surface area (Å²) in [6, 6.07) is 5.06. The number of carbonyl (C=O) groups is 7. The molecule has 42 heteroatoms. The molecule has 0 saturated carbocycles. The average molecular weight is 1370 g/mol. The van der Waals surface area contributed by atoms with Gasteiger partial charge in [-0.05, 0) is 36.4 Å². The van der Waals surface area contributed by atoms with Crippen molar-refractivity contribution in [3.8, 4) is 0 Å². The predicted molar refractivity (Wildman–Crippen MR) is 282 cm³/mol. The first-order valence-corrected chi connectivity index (χ1v) is 23.8. The number of hydrogen-bond donors (Lipinski definition) is 6. The fourth-order valence-electron chi connectivity index (χ4n) is 4.28. The van der Waals surface area contributed by atoms with E-state index in [1.54, 1.807) is 72.3 Å². The van der Waals surface area contributed by atoms with Crippen molar-refractivity contribution in [3.05, 3.63) is 161 Å². The summed E-state index contributed by atoms with van der Waals surface area (Å²) in [6.45, 7) is 0. The Morgan fingerprint density at radius 1 is 0.367 bits per heavy atom. The molecule has 8 N–H and O–H groups in total. The molecule has 0 aliphatic carbocycles. The van der Waals surface area contributed by atoms with Crippen LogP contribution in [0.4, 0.5) is 114 Å². The molecule has 497 valence electrons. The molecule has 0 fully saturated rings. The summed E-state index contributed by atoms with van der Waals surface area (Å²) in [5, 5.41) is 11.0. The topological polar surface area (TPSA) is 355 Å². The van der Waals surface area contributed by atoms with Gasteiger partial charge >= 0.3 is 34.9 Å². The summed E-state index contributed by atoms with van der Waals surface area (Å²) in [5.41, 5.74) is -3.81. The number of nitrogens with zero attached hydrogens (tertiary/aromatic N) is 7. The number of pyridine rings is 3. The van der Waals surface area contributed by atoms with Gasteiger partial charge in [-0.25, -0.2) is 80.2 Å². The van der Waals surface area contributed by atoms with Gasteiger partial charge in [0, 0.05) is 85.4 Å². The van der Waals surface area contributed by atoms with Gasteiger partial charge in [0.25, 0.3) is 0 Å². The summed E-state index contributed by atoms with van der Waals surface area (Å²) >= 11 is 0. The number of aromatic nitrogens is 3. The van der Waals surface area contributed by atoms with Crippen molar-refractivity contribution in [2.45, 2.75) is 0 Å². The molecular weight excluding hydrogens is 1330 g/mol. The van der Waals surface area contributed by atoms with Gasteiger partial charge in [-0.2, -0.15) is 0 Å². The number of rotatable bonds is 10. The van der Waals surface area contributed by atoms with E-state index in [1.165, 1.54) is 93.2 Å². The van der Waals surface area contributed by atoms with Gasteiger partial charge in [-0.3, -0.25) is 42.5 Å². The molecule has 0 bridgehead atoms. The summed E-state index contributed by atoms with van der Waals surface area (Å²) < 4.78 is 230. The molecule has 0 atom stereocenters. The third kappa shape index (κ3) is 33.3. The van der Waals surface area contributed by atoms with Crippen LogP contribution in [0.3, 0.4) is 0 Å². The zero-order valence-electron chi connectivity index (χ0n) is 46.8. The Labute approximate surface area is 509 Å². The van der Waals surface area contributed by atoms with Crippen LogP contribution in [0, 0.1) is 87.3 Å². The Morgan fingerprint density at radius 3 is 0.633 bits per heavy atom. The molecule has 0 saturated heterocycles. The van der Waals surface area contributed by atoms with Gasteiger partial charge in [0.2, 0.25) is 43.1 Å². The third-order valence-corrected chi connectivity index (χ3v) is 7.95. The molecule has 3 heterocycles. The molecule has 6 aromatic rings. The Hall–Kier alpha value is -9.91. The van der Waals surface area contributed by atoms with Crippen LogP contribution in [-0.2, 0) is 46.4 Å². The van der Waals surface area contributed by atoms with Crippen LogP contribution in [0.2, 0.25) is 0 Å². The Bertz CT molecular complexity index is 2960. The summed E-state index contributed by atoms with van der Waals surface area (Å²) in [7, 11) is 8.33. The number of benzene rings is 3. The minimum absolute atomic E-state index is 0. The van der Waals surface area contributed by atoms with E-state index in [0.717, 1.165) is 25.6 Å². The van der Waals surface area contributed by atoms with Gasteiger partial charge in [-0.15, -0.1) is 0 Å². The van der Waals surface area contributed by atoms with Crippen molar-refractivity contribution < 1.29 is 139 Å². The number of hydrogen-bond acceptors (Lipinski definition) is 14. The largest absolute Gasteiger partial charge is 2.00 e. The summed E-state index contributed by atoms with van der Waals surface area (Å²) in [5.74, 6) is -32.6. The van der Waals surface area contributed by atoms with E-state index in [-0.39, 0.29) is 39.3 Å². The van der Waals surface area contributed by atoms with E-state index in [4.69, 9.17) is 17.5 Å². The average Bonchev–Trinajstić information content (AvgIpc) is 1.06. The third-order valence-electron chi connectivity index (χ3n) is 7.95. The first kappa shape index (κ1) is 86.5. The van der Waals surface area contributed by atoms with Crippen LogP contribution >= 0.6 is 0 Å². The SMILES string of the molecule is CN(C)C=O.CN(C)C=O.CN(C)C=O.CN(C)C=O.O.O=C(Nc1cccnc1)Nc1c(F)c(F)c(F)c(F)c1F.O=C(Nc1cccnc1)Nc1c(F)c(F)c(F)c(F)c1F.O=C(Nc1cccnc1)Nc1c(F)c(F)c(F)c(F)c1F.O=S(=O)([O-])[O-].[Co+2]. The van der Waals surface area contributed by atoms with Crippen LogP contribution in [0.25, 0.3) is 0 Å². The zero-order chi connectivity index (χ0) is 68.3. The van der Waals surface area contributed by atoms with Crippen molar-refractivity contribution >= 4 is 88.3 Å². The number of anilines is 6. The van der Waals surface area contributed by atoms with E-state index < -0.39 is 133 Å². The molecule has 1 radical (unpaired) electrons. The molecule has 3 aromatic carbocycles. The smallest absolute Gasteiger partial charge is 0.759 e. The molecule has 90 heavy (non-hydrogen) atoms. The number of nitrogens with one attached hydrogen (secondary N) is 6. The van der Waals surface area contributed by atoms with Crippen LogP contribution in [0.15, 0.2) is 73.6 Å². The second-order valence-electron chi connectivity index (χ2n) is 16.0. The maximum atomic E-state index is 13.3. The number of amides is 10. The number of halogens is 15. The first-order chi connectivity index (χ1) is 40.8. The molecule has 10 amide bonds. The monoisotopic (exact) mass is 1370 g/mol. The van der Waals surface area contributed by atoms with Gasteiger partial charge < -0.3 is 66.1 Å². The minimum atomic E-state index is -5.17. The maximum Gasteiger partial charge on any atom is 2.00 e. The Morgan fingerprint density at radius 2 is 0.511 bits per heavy atom. The Balaban J connectivity index is -0.000000512. The van der Waals surface area contributed by atoms with Gasteiger partial charge in [0.1, 0.15) is 17.1 Å². The van der Waals surface area contributed by atoms with Gasteiger partial charge in [0.15, 0.2) is 69.8 Å². The van der Waals surface area contributed by atoms with E-state index in [0.29, 0.717) is 0 Å². The van der Waals surface area contributed by atoms with Crippen LogP contribution in [0.1, 0.15) is 0 Å². The molecule has 0 aliphatic heterocycles. The Kier molecular flexibility index (Phi) is 42.0. The van der Waals surface area contributed by atoms with Crippen molar-refractivity contribution in [3.63, 3.8) is 0 Å². The first-order valence-electron chi connectivity index (χ1n) is 22.4. The van der Waals surface area contributed by atoms with Crippen molar-refractivity contribution in [1.29, 1.82) is 0 Å². The molecular formula is C48H48CoF15N13O12S. The van der Waals surface area contributed by atoms with E-state index in [2.05, 4.69) is 30.9 Å². The second-order valence-corrected chi connectivity index (χ2v) is 16.8. The van der Waals surface area contributed by atoms with Crippen LogP contribution in [-0.4, -0.2) is 158 Å². The van der Waals surface area contributed by atoms with Crippen molar-refractivity contribution in [2.24, 2.45) is 0 Å². The maximum absolute atomic E-state index is 13.3. The van der Waals surface area contributed by atoms with Gasteiger partial charge in [-0.1, -0.05) is 0 Å².